The molecular formula is C32H38O8. The van der Waals surface area contributed by atoms with Gasteiger partial charge in [-0.2, -0.15) is 0 Å². The minimum atomic E-state index is -0.905. The van der Waals surface area contributed by atoms with Gasteiger partial charge in [0.25, 0.3) is 0 Å². The van der Waals surface area contributed by atoms with E-state index in [0.29, 0.717) is 29.9 Å². The molecule has 8 heteroatoms. The number of fused-ring (bicyclic) bond motifs is 2. The first kappa shape index (κ1) is 29.4. The van der Waals surface area contributed by atoms with Crippen LogP contribution in [0.25, 0.3) is 6.08 Å². The van der Waals surface area contributed by atoms with Gasteiger partial charge in [-0.05, 0) is 63.5 Å². The van der Waals surface area contributed by atoms with Crippen LogP contribution in [-0.4, -0.2) is 53.9 Å². The molecular weight excluding hydrogens is 512 g/mol. The van der Waals surface area contributed by atoms with Crippen molar-refractivity contribution in [3.8, 4) is 11.5 Å². The maximum Gasteiger partial charge on any atom is 0.342 e. The Morgan fingerprint density at radius 1 is 1.10 bits per heavy atom. The molecule has 8 nitrogen and oxygen atoms in total. The van der Waals surface area contributed by atoms with Gasteiger partial charge in [0.15, 0.2) is 5.79 Å². The number of ether oxygens (including phenoxy) is 5. The van der Waals surface area contributed by atoms with Gasteiger partial charge in [-0.3, -0.25) is 0 Å². The highest BCUT2D eigenvalue weighted by molar-refractivity contribution is 5.97. The third-order valence-corrected chi connectivity index (χ3v) is 6.90. The first-order valence-electron chi connectivity index (χ1n) is 13.7. The van der Waals surface area contributed by atoms with Crippen LogP contribution in [0.3, 0.4) is 0 Å². The van der Waals surface area contributed by atoms with E-state index in [1.807, 2.05) is 45.9 Å². The highest BCUT2D eigenvalue weighted by Gasteiger charge is 2.45. The Kier molecular flexibility index (Phi) is 9.32. The summed E-state index contributed by atoms with van der Waals surface area (Å²) < 4.78 is 29.9. The second kappa shape index (κ2) is 12.7. The molecule has 1 saturated heterocycles. The molecule has 0 radical (unpaired) electrons. The van der Waals surface area contributed by atoms with Crippen LogP contribution in [-0.2, 0) is 18.9 Å². The van der Waals surface area contributed by atoms with Crippen LogP contribution in [0, 0.1) is 5.92 Å². The molecule has 4 rings (SSSR count). The summed E-state index contributed by atoms with van der Waals surface area (Å²) in [6.45, 7) is 9.77. The lowest BCUT2D eigenvalue weighted by Gasteiger charge is -2.25. The summed E-state index contributed by atoms with van der Waals surface area (Å²) in [4.78, 5) is 26.2. The largest absolute Gasteiger partial charge is 0.507 e. The lowest BCUT2D eigenvalue weighted by atomic mass is 9.98. The number of benzene rings is 2. The van der Waals surface area contributed by atoms with Crippen molar-refractivity contribution in [3.05, 3.63) is 77.4 Å². The fourth-order valence-corrected chi connectivity index (χ4v) is 4.69. The van der Waals surface area contributed by atoms with Crippen molar-refractivity contribution in [2.24, 2.45) is 5.92 Å². The van der Waals surface area contributed by atoms with E-state index in [1.54, 1.807) is 49.4 Å². The second-order valence-electron chi connectivity index (χ2n) is 10.6. The predicted molar refractivity (Wildman–Crippen MR) is 150 cm³/mol. The van der Waals surface area contributed by atoms with E-state index in [0.717, 1.165) is 6.42 Å². The van der Waals surface area contributed by atoms with Crippen molar-refractivity contribution in [1.82, 2.24) is 0 Å². The zero-order valence-corrected chi connectivity index (χ0v) is 23.7. The first-order chi connectivity index (χ1) is 19.1. The zero-order chi connectivity index (χ0) is 28.9. The van der Waals surface area contributed by atoms with Crippen LogP contribution in [0.4, 0.5) is 0 Å². The lowest BCUT2D eigenvalue weighted by Crippen LogP contribution is -2.37. The molecule has 2 aliphatic heterocycles. The van der Waals surface area contributed by atoms with Crippen molar-refractivity contribution in [1.29, 1.82) is 0 Å². The Bertz CT molecular complexity index is 1250. The molecule has 0 amide bonds. The van der Waals surface area contributed by atoms with Crippen molar-refractivity contribution in [3.63, 3.8) is 0 Å². The molecule has 1 fully saturated rings. The third kappa shape index (κ3) is 7.11. The average Bonchev–Trinajstić information content (AvgIpc) is 3.23. The maximum atomic E-state index is 13.2. The van der Waals surface area contributed by atoms with Crippen molar-refractivity contribution < 1.29 is 38.4 Å². The number of carbonyl (C=O) groups excluding carboxylic acids is 2. The highest BCUT2D eigenvalue weighted by Crippen LogP contribution is 2.35. The zero-order valence-electron chi connectivity index (χ0n) is 23.7. The van der Waals surface area contributed by atoms with Crippen LogP contribution < -0.4 is 4.74 Å². The molecule has 0 bridgehead atoms. The Morgan fingerprint density at radius 3 is 2.58 bits per heavy atom. The van der Waals surface area contributed by atoms with Gasteiger partial charge in [-0.25, -0.2) is 9.59 Å². The number of phenolic OH excluding ortho intramolecular Hbond substituents is 1. The second-order valence-corrected chi connectivity index (χ2v) is 10.6. The van der Waals surface area contributed by atoms with Gasteiger partial charge in [-0.15, -0.1) is 0 Å². The maximum absolute atomic E-state index is 13.2. The number of rotatable bonds is 5. The molecule has 1 N–H and O–H groups in total. The number of carbonyl (C=O) groups is 2. The van der Waals surface area contributed by atoms with E-state index in [-0.39, 0.29) is 17.2 Å². The molecule has 2 heterocycles. The average molecular weight is 551 g/mol. The van der Waals surface area contributed by atoms with Crippen LogP contribution in [0.2, 0.25) is 0 Å². The van der Waals surface area contributed by atoms with Crippen LogP contribution in [0.1, 0.15) is 73.7 Å². The summed E-state index contributed by atoms with van der Waals surface area (Å²) >= 11 is 0. The fourth-order valence-electron chi connectivity index (χ4n) is 4.69. The minimum absolute atomic E-state index is 0.0651. The molecule has 0 aliphatic carbocycles. The van der Waals surface area contributed by atoms with Gasteiger partial charge in [0, 0.05) is 12.0 Å². The highest BCUT2D eigenvalue weighted by atomic mass is 16.8. The van der Waals surface area contributed by atoms with Gasteiger partial charge in [-0.1, -0.05) is 50.3 Å². The Labute approximate surface area is 235 Å². The molecule has 2 aliphatic rings. The summed E-state index contributed by atoms with van der Waals surface area (Å²) in [5.41, 5.74) is 0.957. The number of esters is 2. The van der Waals surface area contributed by atoms with E-state index in [1.165, 1.54) is 6.07 Å². The minimum Gasteiger partial charge on any atom is -0.507 e. The topological polar surface area (TPSA) is 101 Å². The number of hydrogen-bond donors (Lipinski definition) is 1. The van der Waals surface area contributed by atoms with Gasteiger partial charge in [0.1, 0.15) is 35.4 Å². The van der Waals surface area contributed by atoms with E-state index < -0.39 is 42.1 Å². The van der Waals surface area contributed by atoms with Gasteiger partial charge < -0.3 is 28.8 Å². The number of phenols is 1. The lowest BCUT2D eigenvalue weighted by molar-refractivity contribution is -0.152. The summed E-state index contributed by atoms with van der Waals surface area (Å²) in [6.07, 6.45) is 6.04. The van der Waals surface area contributed by atoms with Crippen LogP contribution >= 0.6 is 0 Å². The van der Waals surface area contributed by atoms with Crippen molar-refractivity contribution >= 4 is 18.0 Å². The van der Waals surface area contributed by atoms with Crippen LogP contribution in [0.15, 0.2) is 60.7 Å². The normalized spacial score (nSPS) is 27.8. The monoisotopic (exact) mass is 550 g/mol. The number of aromatic hydroxyl groups is 1. The standard InChI is InChI=1S/C32H38O8/c1-6-17-36-24-18-23-13-10-14-27-29(40-32(4,5)39-27)26(38-30(34)22-11-8-7-9-12-22)16-15-20(2)21(3)37-31(35)28(23)25(33)19-24/h7-13,15-16,18-21,26-27,29,33H,6,14,17H2,1-5H3/b13-10+,16-15-/t20-,21+,26?,27+,29-/m1/s1. The summed E-state index contributed by atoms with van der Waals surface area (Å²) in [7, 11) is 0. The van der Waals surface area contributed by atoms with Gasteiger partial charge in [0.2, 0.25) is 0 Å². The first-order valence-corrected chi connectivity index (χ1v) is 13.7. The molecule has 214 valence electrons. The summed E-state index contributed by atoms with van der Waals surface area (Å²) in [5.74, 6) is -2.03. The van der Waals surface area contributed by atoms with E-state index in [4.69, 9.17) is 23.7 Å². The van der Waals surface area contributed by atoms with E-state index in [2.05, 4.69) is 0 Å². The predicted octanol–water partition coefficient (Wildman–Crippen LogP) is 6.08. The van der Waals surface area contributed by atoms with Crippen molar-refractivity contribution in [2.45, 2.75) is 77.7 Å². The Hall–Kier alpha value is -3.62. The molecule has 0 aromatic heterocycles. The van der Waals surface area contributed by atoms with Crippen molar-refractivity contribution in [2.75, 3.05) is 6.61 Å². The molecule has 1 unspecified atom stereocenters. The molecule has 5 atom stereocenters. The third-order valence-electron chi connectivity index (χ3n) is 6.90. The summed E-state index contributed by atoms with van der Waals surface area (Å²) in [6, 6.07) is 11.9. The van der Waals surface area contributed by atoms with Gasteiger partial charge >= 0.3 is 11.9 Å². The fraction of sp³-hybridized carbons (Fsp3) is 0.438. The SMILES string of the molecule is CCCOc1cc(O)c2c(c1)/C=C/C[C@@H]1OC(C)(C)O[C@@H]1C(OC(=O)c1ccccc1)/C=C\[C@@H](C)[C@H](C)OC2=O. The van der Waals surface area contributed by atoms with E-state index >= 15 is 0 Å². The molecule has 40 heavy (non-hydrogen) atoms. The Balaban J connectivity index is 1.71. The smallest absolute Gasteiger partial charge is 0.342 e. The quantitative estimate of drug-likeness (QED) is 0.353. The van der Waals surface area contributed by atoms with E-state index in [9.17, 15) is 14.7 Å². The molecule has 0 saturated carbocycles. The molecule has 0 spiro atoms. The Morgan fingerprint density at radius 2 is 1.85 bits per heavy atom. The number of hydrogen-bond acceptors (Lipinski definition) is 8. The van der Waals surface area contributed by atoms with Crippen LogP contribution in [0.5, 0.6) is 11.5 Å². The summed E-state index contributed by atoms with van der Waals surface area (Å²) in [5, 5.41) is 10.8. The molecule has 2 aromatic rings. The van der Waals surface area contributed by atoms with Gasteiger partial charge in [0.05, 0.1) is 18.3 Å². The molecule has 2 aromatic carbocycles. The number of cyclic esters (lactones) is 1.